The molecule has 0 aliphatic heterocycles. The first-order chi connectivity index (χ1) is 13.9. The Morgan fingerprint density at radius 2 is 1.90 bits per heavy atom. The highest BCUT2D eigenvalue weighted by molar-refractivity contribution is 6.31. The average Bonchev–Trinajstić information content (AvgIpc) is 2.71. The number of benzene rings is 2. The van der Waals surface area contributed by atoms with Crippen molar-refractivity contribution in [2.75, 3.05) is 19.5 Å². The summed E-state index contributed by atoms with van der Waals surface area (Å²) in [5.74, 6) is 0.803. The fraction of sp³-hybridized carbons (Fsp3) is 0.190. The monoisotopic (exact) mass is 413 g/mol. The highest BCUT2D eigenvalue weighted by Crippen LogP contribution is 2.31. The highest BCUT2D eigenvalue weighted by Gasteiger charge is 2.13. The minimum atomic E-state index is -0.395. The Morgan fingerprint density at radius 3 is 2.62 bits per heavy atom. The molecular weight excluding hydrogens is 394 g/mol. The number of nitrogens with one attached hydrogen (secondary N) is 1. The molecule has 0 fully saturated rings. The van der Waals surface area contributed by atoms with Gasteiger partial charge in [-0.3, -0.25) is 9.59 Å². The summed E-state index contributed by atoms with van der Waals surface area (Å²) < 4.78 is 11.7. The van der Waals surface area contributed by atoms with E-state index in [4.69, 9.17) is 21.1 Å². The third-order valence-electron chi connectivity index (χ3n) is 4.32. The van der Waals surface area contributed by atoms with Crippen LogP contribution >= 0.6 is 11.6 Å². The Bertz CT molecular complexity index is 1110. The van der Waals surface area contributed by atoms with E-state index in [9.17, 15) is 9.59 Å². The van der Waals surface area contributed by atoms with E-state index in [0.717, 1.165) is 10.2 Å². The van der Waals surface area contributed by atoms with Gasteiger partial charge < -0.3 is 14.8 Å². The van der Waals surface area contributed by atoms with Crippen LogP contribution in [0, 0.1) is 6.92 Å². The van der Waals surface area contributed by atoms with Crippen LogP contribution in [0.5, 0.6) is 11.5 Å². The molecule has 7 nitrogen and oxygen atoms in total. The van der Waals surface area contributed by atoms with Crippen molar-refractivity contribution in [3.8, 4) is 22.8 Å². The number of ether oxygens (including phenoxy) is 2. The van der Waals surface area contributed by atoms with E-state index in [-0.39, 0.29) is 12.5 Å². The molecule has 0 bridgehead atoms. The van der Waals surface area contributed by atoms with Gasteiger partial charge >= 0.3 is 0 Å². The van der Waals surface area contributed by atoms with Crippen LogP contribution in [0.15, 0.2) is 53.3 Å². The minimum absolute atomic E-state index is 0.245. The first kappa shape index (κ1) is 20.4. The zero-order valence-corrected chi connectivity index (χ0v) is 17.0. The number of amides is 1. The lowest BCUT2D eigenvalue weighted by Crippen LogP contribution is -2.29. The number of halogens is 1. The zero-order valence-electron chi connectivity index (χ0n) is 16.2. The molecule has 1 aromatic heterocycles. The molecule has 0 saturated carbocycles. The van der Waals surface area contributed by atoms with E-state index in [2.05, 4.69) is 10.4 Å². The van der Waals surface area contributed by atoms with Crippen molar-refractivity contribution in [1.29, 1.82) is 0 Å². The van der Waals surface area contributed by atoms with E-state index >= 15 is 0 Å². The second-order valence-corrected chi connectivity index (χ2v) is 6.72. The molecule has 2 aromatic carbocycles. The second-order valence-electron chi connectivity index (χ2n) is 6.29. The normalized spacial score (nSPS) is 10.5. The van der Waals surface area contributed by atoms with E-state index in [1.165, 1.54) is 6.07 Å². The molecule has 1 heterocycles. The molecule has 0 unspecified atom stereocenters. The summed E-state index contributed by atoms with van der Waals surface area (Å²) in [6.07, 6.45) is 0. The molecule has 3 rings (SSSR count). The maximum absolute atomic E-state index is 12.5. The molecule has 29 heavy (non-hydrogen) atoms. The average molecular weight is 414 g/mol. The molecule has 0 radical (unpaired) electrons. The fourth-order valence-corrected chi connectivity index (χ4v) is 2.95. The quantitative estimate of drug-likeness (QED) is 0.668. The second kappa shape index (κ2) is 8.79. The Morgan fingerprint density at radius 1 is 1.10 bits per heavy atom. The maximum atomic E-state index is 12.5. The van der Waals surface area contributed by atoms with Gasteiger partial charge in [0, 0.05) is 22.3 Å². The topological polar surface area (TPSA) is 82.5 Å². The molecule has 8 heteroatoms. The lowest BCUT2D eigenvalue weighted by Gasteiger charge is -2.12. The summed E-state index contributed by atoms with van der Waals surface area (Å²) in [7, 11) is 3.10. The lowest BCUT2D eigenvalue weighted by atomic mass is 10.1. The van der Waals surface area contributed by atoms with Gasteiger partial charge in [0.1, 0.15) is 18.0 Å². The number of hydrogen-bond acceptors (Lipinski definition) is 5. The van der Waals surface area contributed by atoms with Crippen molar-refractivity contribution in [3.05, 3.63) is 69.5 Å². The van der Waals surface area contributed by atoms with Gasteiger partial charge in [-0.25, -0.2) is 4.68 Å². The number of hydrogen-bond donors (Lipinski definition) is 1. The number of aromatic nitrogens is 2. The van der Waals surface area contributed by atoms with E-state index in [0.29, 0.717) is 33.5 Å². The molecule has 0 saturated heterocycles. The van der Waals surface area contributed by atoms with E-state index < -0.39 is 5.56 Å². The number of nitrogens with zero attached hydrogens (tertiary/aromatic N) is 2. The fourth-order valence-electron chi connectivity index (χ4n) is 2.77. The van der Waals surface area contributed by atoms with Crippen LogP contribution < -0.4 is 20.3 Å². The highest BCUT2D eigenvalue weighted by atomic mass is 35.5. The van der Waals surface area contributed by atoms with Crippen LogP contribution in [0.1, 0.15) is 5.56 Å². The van der Waals surface area contributed by atoms with Gasteiger partial charge in [0.05, 0.1) is 19.9 Å². The van der Waals surface area contributed by atoms with Crippen molar-refractivity contribution >= 4 is 23.2 Å². The van der Waals surface area contributed by atoms with Crippen molar-refractivity contribution in [2.45, 2.75) is 13.5 Å². The van der Waals surface area contributed by atoms with E-state index in [1.807, 2.05) is 6.92 Å². The van der Waals surface area contributed by atoms with Crippen molar-refractivity contribution in [1.82, 2.24) is 9.78 Å². The summed E-state index contributed by atoms with van der Waals surface area (Å²) in [6, 6.07) is 13.4. The Balaban J connectivity index is 1.89. The third kappa shape index (κ3) is 4.75. The maximum Gasteiger partial charge on any atom is 0.267 e. The van der Waals surface area contributed by atoms with Crippen LogP contribution in [0.25, 0.3) is 11.3 Å². The number of anilines is 1. The summed E-state index contributed by atoms with van der Waals surface area (Å²) in [4.78, 5) is 24.7. The molecule has 1 N–H and O–H groups in total. The molecule has 0 aliphatic rings. The Labute approximate surface area is 172 Å². The Hall–Kier alpha value is -3.32. The van der Waals surface area contributed by atoms with Crippen molar-refractivity contribution < 1.29 is 14.3 Å². The van der Waals surface area contributed by atoms with Gasteiger partial charge in [-0.15, -0.1) is 0 Å². The molecule has 150 valence electrons. The molecule has 1 amide bonds. The van der Waals surface area contributed by atoms with Gasteiger partial charge in [-0.2, -0.15) is 5.10 Å². The Kier molecular flexibility index (Phi) is 6.19. The van der Waals surface area contributed by atoms with Gasteiger partial charge in [0.15, 0.2) is 0 Å². The number of aryl methyl sites for hydroxylation is 1. The van der Waals surface area contributed by atoms with Crippen LogP contribution in [0.4, 0.5) is 5.69 Å². The predicted molar refractivity (Wildman–Crippen MR) is 112 cm³/mol. The number of methoxy groups -OCH3 is 2. The van der Waals surface area contributed by atoms with Gasteiger partial charge in [0.2, 0.25) is 5.91 Å². The summed E-state index contributed by atoms with van der Waals surface area (Å²) in [5.41, 5.74) is 2.17. The third-order valence-corrected chi connectivity index (χ3v) is 4.55. The van der Waals surface area contributed by atoms with E-state index in [1.54, 1.807) is 56.7 Å². The first-order valence-corrected chi connectivity index (χ1v) is 9.15. The molecule has 3 aromatic rings. The minimum Gasteiger partial charge on any atom is -0.497 e. The van der Waals surface area contributed by atoms with Crippen molar-refractivity contribution in [2.24, 2.45) is 0 Å². The van der Waals surface area contributed by atoms with Crippen molar-refractivity contribution in [3.63, 3.8) is 0 Å². The standard InChI is InChI=1S/C21H20ClN3O4/c1-13-4-5-14(22)10-18(13)23-20(26)12-25-21(27)9-7-17(24-25)16-11-15(28-2)6-8-19(16)29-3/h4-11H,12H2,1-3H3,(H,23,26). The lowest BCUT2D eigenvalue weighted by molar-refractivity contribution is -0.117. The zero-order chi connectivity index (χ0) is 21.0. The van der Waals surface area contributed by atoms with Crippen LogP contribution in [0.3, 0.4) is 0 Å². The number of rotatable bonds is 6. The largest absolute Gasteiger partial charge is 0.497 e. The predicted octanol–water partition coefficient (Wildman–Crippen LogP) is 3.53. The number of carbonyl (C=O) groups is 1. The van der Waals surface area contributed by atoms with Gasteiger partial charge in [-0.1, -0.05) is 17.7 Å². The number of carbonyl (C=O) groups excluding carboxylic acids is 1. The van der Waals surface area contributed by atoms with Crippen LogP contribution in [0.2, 0.25) is 5.02 Å². The van der Waals surface area contributed by atoms with Gasteiger partial charge in [0.25, 0.3) is 5.56 Å². The first-order valence-electron chi connectivity index (χ1n) is 8.78. The summed E-state index contributed by atoms with van der Waals surface area (Å²) in [5, 5.41) is 7.60. The molecule has 0 atom stereocenters. The molecular formula is C21H20ClN3O4. The summed E-state index contributed by atoms with van der Waals surface area (Å²) in [6.45, 7) is 1.61. The van der Waals surface area contributed by atoms with Crippen LogP contribution in [-0.2, 0) is 11.3 Å². The SMILES string of the molecule is COc1ccc(OC)c(-c2ccc(=O)n(CC(=O)Nc3cc(Cl)ccc3C)n2)c1. The smallest absolute Gasteiger partial charge is 0.267 e. The molecule has 0 aliphatic carbocycles. The summed E-state index contributed by atoms with van der Waals surface area (Å²) >= 11 is 5.99. The van der Waals surface area contributed by atoms with Crippen LogP contribution in [-0.4, -0.2) is 29.9 Å². The van der Waals surface area contributed by atoms with Gasteiger partial charge in [-0.05, 0) is 48.9 Å². The molecule has 0 spiro atoms.